The Morgan fingerprint density at radius 2 is 1.45 bits per heavy atom. The predicted octanol–water partition coefficient (Wildman–Crippen LogP) is 2.36. The lowest BCUT2D eigenvalue weighted by Crippen LogP contribution is -2.53. The van der Waals surface area contributed by atoms with Crippen molar-refractivity contribution in [3.63, 3.8) is 0 Å². The highest BCUT2D eigenvalue weighted by Gasteiger charge is 2.23. The number of benzene rings is 2. The van der Waals surface area contributed by atoms with Gasteiger partial charge in [-0.15, -0.1) is 0 Å². The molecule has 2 aromatic rings. The van der Waals surface area contributed by atoms with Gasteiger partial charge in [-0.2, -0.15) is 0 Å². The highest BCUT2D eigenvalue weighted by atomic mass is 16.5. The average Bonchev–Trinajstić information content (AvgIpc) is 2.82. The summed E-state index contributed by atoms with van der Waals surface area (Å²) in [6.45, 7) is 1.91. The van der Waals surface area contributed by atoms with Crippen LogP contribution in [-0.2, 0) is 4.74 Å². The van der Waals surface area contributed by atoms with Crippen LogP contribution >= 0.6 is 0 Å². The van der Waals surface area contributed by atoms with Gasteiger partial charge in [-0.3, -0.25) is 0 Å². The fourth-order valence-electron chi connectivity index (χ4n) is 3.13. The van der Waals surface area contributed by atoms with Crippen LogP contribution in [0.5, 0.6) is 0 Å². The van der Waals surface area contributed by atoms with E-state index in [2.05, 4.69) is 22.5 Å². The Morgan fingerprint density at radius 1 is 0.871 bits per heavy atom. The number of carbonyl (C=O) groups excluding carboxylic acids is 3. The molecule has 1 fully saturated rings. The Bertz CT molecular complexity index is 1030. The van der Waals surface area contributed by atoms with Gasteiger partial charge in [0.1, 0.15) is 0 Å². The van der Waals surface area contributed by atoms with E-state index in [1.165, 1.54) is 7.11 Å². The van der Waals surface area contributed by atoms with E-state index in [9.17, 15) is 14.4 Å². The summed E-state index contributed by atoms with van der Waals surface area (Å²) < 4.78 is 4.73. The number of nitrogens with one attached hydrogen (secondary N) is 2. The normalized spacial score (nSPS) is 13.0. The van der Waals surface area contributed by atoms with Crippen molar-refractivity contribution in [2.45, 2.75) is 0 Å². The van der Waals surface area contributed by atoms with Crippen LogP contribution in [0, 0.1) is 11.8 Å². The molecule has 31 heavy (non-hydrogen) atoms. The molecule has 0 unspecified atom stereocenters. The summed E-state index contributed by atoms with van der Waals surface area (Å²) in [5.41, 5.74) is 2.48. The first-order chi connectivity index (χ1) is 15.0. The van der Waals surface area contributed by atoms with Gasteiger partial charge < -0.3 is 25.2 Å². The monoisotopic (exact) mass is 420 g/mol. The number of esters is 1. The van der Waals surface area contributed by atoms with Crippen molar-refractivity contribution >= 4 is 23.7 Å². The van der Waals surface area contributed by atoms with Crippen molar-refractivity contribution in [1.82, 2.24) is 15.1 Å². The summed E-state index contributed by atoms with van der Waals surface area (Å²) in [6, 6.07) is 13.8. The van der Waals surface area contributed by atoms with Gasteiger partial charge in [0, 0.05) is 50.0 Å². The Morgan fingerprint density at radius 3 is 2.06 bits per heavy atom. The summed E-state index contributed by atoms with van der Waals surface area (Å²) in [4.78, 5) is 39.2. The number of piperazine rings is 1. The summed E-state index contributed by atoms with van der Waals surface area (Å²) in [5, 5.41) is 5.47. The summed E-state index contributed by atoms with van der Waals surface area (Å²) in [7, 11) is 2.93. The number of hydrogen-bond acceptors (Lipinski definition) is 4. The number of methoxy groups -OCH3 is 1. The highest BCUT2D eigenvalue weighted by molar-refractivity contribution is 5.90. The third kappa shape index (κ3) is 5.76. The number of rotatable bonds is 2. The van der Waals surface area contributed by atoms with E-state index < -0.39 is 5.97 Å². The summed E-state index contributed by atoms with van der Waals surface area (Å²) in [5.74, 6) is 5.65. The molecule has 0 spiro atoms. The summed E-state index contributed by atoms with van der Waals surface area (Å²) in [6.07, 6.45) is 0. The van der Waals surface area contributed by atoms with E-state index in [4.69, 9.17) is 4.74 Å². The Kier molecular flexibility index (Phi) is 7.12. The van der Waals surface area contributed by atoms with Crippen molar-refractivity contribution in [2.75, 3.05) is 45.7 Å². The lowest BCUT2D eigenvalue weighted by molar-refractivity contribution is 0.0600. The molecule has 8 heteroatoms. The van der Waals surface area contributed by atoms with Gasteiger partial charge in [0.15, 0.2) is 0 Å². The molecule has 8 nitrogen and oxygen atoms in total. The second-order valence-corrected chi connectivity index (χ2v) is 6.86. The predicted molar refractivity (Wildman–Crippen MR) is 117 cm³/mol. The minimum absolute atomic E-state index is 0.136. The first-order valence-corrected chi connectivity index (χ1v) is 9.83. The fraction of sp³-hybridized carbons (Fsp3) is 0.261. The number of nitrogens with zero attached hydrogens (tertiary/aromatic N) is 2. The Labute approximate surface area is 181 Å². The largest absolute Gasteiger partial charge is 0.465 e. The molecular formula is C23H24N4O4. The minimum Gasteiger partial charge on any atom is -0.465 e. The van der Waals surface area contributed by atoms with Crippen molar-refractivity contribution in [1.29, 1.82) is 0 Å². The molecule has 0 radical (unpaired) electrons. The summed E-state index contributed by atoms with van der Waals surface area (Å²) >= 11 is 0. The van der Waals surface area contributed by atoms with E-state index >= 15 is 0 Å². The van der Waals surface area contributed by atoms with E-state index in [1.807, 2.05) is 18.2 Å². The zero-order valence-corrected chi connectivity index (χ0v) is 17.5. The van der Waals surface area contributed by atoms with Gasteiger partial charge in [0.05, 0.1) is 12.7 Å². The molecule has 2 aromatic carbocycles. The molecule has 0 aliphatic carbocycles. The molecule has 3 rings (SSSR count). The van der Waals surface area contributed by atoms with Crippen LogP contribution in [0.25, 0.3) is 0 Å². The van der Waals surface area contributed by atoms with Crippen molar-refractivity contribution < 1.29 is 19.1 Å². The first-order valence-electron chi connectivity index (χ1n) is 9.83. The van der Waals surface area contributed by atoms with Crippen molar-refractivity contribution in [3.05, 3.63) is 65.2 Å². The second kappa shape index (κ2) is 10.2. The van der Waals surface area contributed by atoms with Crippen LogP contribution in [0.15, 0.2) is 48.5 Å². The maximum atomic E-state index is 12.5. The van der Waals surface area contributed by atoms with E-state index in [0.717, 1.165) is 5.56 Å². The quantitative estimate of drug-likeness (QED) is 0.577. The molecular weight excluding hydrogens is 396 g/mol. The van der Waals surface area contributed by atoms with Gasteiger partial charge in [-0.05, 0) is 36.4 Å². The maximum absolute atomic E-state index is 12.5. The lowest BCUT2D eigenvalue weighted by atomic mass is 10.1. The number of anilines is 1. The second-order valence-electron chi connectivity index (χ2n) is 6.86. The molecule has 1 aliphatic heterocycles. The van der Waals surface area contributed by atoms with Crippen LogP contribution < -0.4 is 10.6 Å². The number of carbonyl (C=O) groups is 3. The Hall–Kier alpha value is -3.99. The first kappa shape index (κ1) is 21.7. The molecule has 0 saturated carbocycles. The van der Waals surface area contributed by atoms with Gasteiger partial charge in [-0.1, -0.05) is 24.0 Å². The number of hydrogen-bond donors (Lipinski definition) is 2. The fourth-order valence-corrected chi connectivity index (χ4v) is 3.13. The molecule has 0 atom stereocenters. The van der Waals surface area contributed by atoms with Gasteiger partial charge in [0.2, 0.25) is 0 Å². The average molecular weight is 420 g/mol. The standard InChI is InChI=1S/C23H24N4O4/c1-24-22(29)26-11-13-27(14-12-26)23(30)25-20-8-4-6-18(16-20)10-9-17-5-3-7-19(15-17)21(28)31-2/h3-8,15-16H,11-14H2,1-2H3,(H,24,29)(H,25,30). The minimum atomic E-state index is -0.412. The van der Waals surface area contributed by atoms with Crippen LogP contribution in [0.1, 0.15) is 21.5 Å². The molecule has 1 aliphatic rings. The molecule has 0 bridgehead atoms. The van der Waals surface area contributed by atoms with Crippen molar-refractivity contribution in [3.8, 4) is 11.8 Å². The third-order valence-electron chi connectivity index (χ3n) is 4.82. The Balaban J connectivity index is 1.63. The van der Waals surface area contributed by atoms with Crippen LogP contribution in [0.2, 0.25) is 0 Å². The van der Waals surface area contributed by atoms with E-state index in [-0.39, 0.29) is 12.1 Å². The van der Waals surface area contributed by atoms with E-state index in [1.54, 1.807) is 47.2 Å². The SMILES string of the molecule is CNC(=O)N1CCN(C(=O)Nc2cccc(C#Cc3cccc(C(=O)OC)c3)c2)CC1. The lowest BCUT2D eigenvalue weighted by Gasteiger charge is -2.34. The number of amides is 4. The zero-order valence-electron chi connectivity index (χ0n) is 17.5. The smallest absolute Gasteiger partial charge is 0.337 e. The molecule has 4 amide bonds. The zero-order chi connectivity index (χ0) is 22.2. The number of ether oxygens (including phenoxy) is 1. The highest BCUT2D eigenvalue weighted by Crippen LogP contribution is 2.13. The third-order valence-corrected chi connectivity index (χ3v) is 4.82. The van der Waals surface area contributed by atoms with E-state index in [0.29, 0.717) is 43.0 Å². The van der Waals surface area contributed by atoms with Gasteiger partial charge >= 0.3 is 18.0 Å². The van der Waals surface area contributed by atoms with Gasteiger partial charge in [-0.25, -0.2) is 14.4 Å². The van der Waals surface area contributed by atoms with Crippen LogP contribution in [-0.4, -0.2) is 68.2 Å². The van der Waals surface area contributed by atoms with Crippen molar-refractivity contribution in [2.24, 2.45) is 0 Å². The molecule has 160 valence electrons. The number of urea groups is 2. The van der Waals surface area contributed by atoms with Crippen LogP contribution in [0.3, 0.4) is 0 Å². The topological polar surface area (TPSA) is 91.0 Å². The molecule has 1 saturated heterocycles. The molecule has 0 aromatic heterocycles. The van der Waals surface area contributed by atoms with Crippen LogP contribution in [0.4, 0.5) is 15.3 Å². The molecule has 1 heterocycles. The molecule has 2 N–H and O–H groups in total. The maximum Gasteiger partial charge on any atom is 0.337 e. The van der Waals surface area contributed by atoms with Gasteiger partial charge in [0.25, 0.3) is 0 Å².